The molecule has 0 spiro atoms. The van der Waals surface area contributed by atoms with Gasteiger partial charge in [0.1, 0.15) is 5.75 Å². The molecule has 3 rings (SSSR count). The van der Waals surface area contributed by atoms with Crippen molar-refractivity contribution < 1.29 is 14.9 Å². The van der Waals surface area contributed by atoms with Gasteiger partial charge in [-0.1, -0.05) is 41.0 Å². The first-order valence-corrected chi connectivity index (χ1v) is 9.22. The summed E-state index contributed by atoms with van der Waals surface area (Å²) in [5.74, 6) is 1.28. The minimum Gasteiger partial charge on any atom is -0.496 e. The average Bonchev–Trinajstić information content (AvgIpc) is 2.75. The van der Waals surface area contributed by atoms with E-state index >= 15 is 0 Å². The lowest BCUT2D eigenvalue weighted by Crippen LogP contribution is -2.44. The zero-order valence-corrected chi connectivity index (χ0v) is 15.9. The van der Waals surface area contributed by atoms with Gasteiger partial charge in [0, 0.05) is 11.5 Å². The molecule has 2 N–H and O–H groups in total. The fourth-order valence-electron chi connectivity index (χ4n) is 5.81. The molecule has 0 saturated heterocycles. The van der Waals surface area contributed by atoms with E-state index in [2.05, 4.69) is 40.7 Å². The number of fused-ring (bicyclic) bond motifs is 3. The molecule has 1 fully saturated rings. The second-order valence-electron chi connectivity index (χ2n) is 8.94. The van der Waals surface area contributed by atoms with E-state index in [9.17, 15) is 10.2 Å². The molecule has 0 unspecified atom stereocenters. The molecule has 3 heteroatoms. The Morgan fingerprint density at radius 2 is 1.92 bits per heavy atom. The predicted molar refractivity (Wildman–Crippen MR) is 96.4 cm³/mol. The summed E-state index contributed by atoms with van der Waals surface area (Å²) in [5, 5.41) is 21.4. The molecule has 0 radical (unpaired) electrons. The highest BCUT2D eigenvalue weighted by Crippen LogP contribution is 2.65. The van der Waals surface area contributed by atoms with Crippen molar-refractivity contribution in [1.82, 2.24) is 0 Å². The number of hydrogen-bond acceptors (Lipinski definition) is 3. The van der Waals surface area contributed by atoms with Crippen LogP contribution in [0.4, 0.5) is 0 Å². The number of hydrogen-bond donors (Lipinski definition) is 2. The summed E-state index contributed by atoms with van der Waals surface area (Å²) in [6, 6.07) is 2.10. The minimum absolute atomic E-state index is 0.0154. The Balaban J connectivity index is 2.34. The molecule has 0 heterocycles. The molecule has 0 bridgehead atoms. The van der Waals surface area contributed by atoms with Crippen LogP contribution in [0.1, 0.15) is 88.2 Å². The molecule has 3 nitrogen and oxygen atoms in total. The Morgan fingerprint density at radius 3 is 2.46 bits per heavy atom. The highest BCUT2D eigenvalue weighted by Gasteiger charge is 2.58. The van der Waals surface area contributed by atoms with E-state index in [1.54, 1.807) is 7.11 Å². The molecule has 24 heavy (non-hydrogen) atoms. The number of aliphatic hydroxyl groups excluding tert-OH is 2. The molecule has 1 aromatic rings. The van der Waals surface area contributed by atoms with Gasteiger partial charge in [-0.3, -0.25) is 0 Å². The lowest BCUT2D eigenvalue weighted by molar-refractivity contribution is -0.0279. The third-order valence-corrected chi connectivity index (χ3v) is 6.65. The molecule has 3 atom stereocenters. The smallest absolute Gasteiger partial charge is 0.128 e. The topological polar surface area (TPSA) is 49.7 Å². The summed E-state index contributed by atoms with van der Waals surface area (Å²) in [7, 11) is 1.70. The molecule has 2 aliphatic carbocycles. The third kappa shape index (κ3) is 2.24. The van der Waals surface area contributed by atoms with Crippen molar-refractivity contribution >= 4 is 0 Å². The Morgan fingerprint density at radius 1 is 1.25 bits per heavy atom. The molecule has 0 aliphatic heterocycles. The lowest BCUT2D eigenvalue weighted by atomic mass is 9.56. The van der Waals surface area contributed by atoms with Crippen molar-refractivity contribution in [1.29, 1.82) is 0 Å². The highest BCUT2D eigenvalue weighted by atomic mass is 16.5. The van der Waals surface area contributed by atoms with E-state index in [0.29, 0.717) is 0 Å². The monoisotopic (exact) mass is 332 g/mol. The van der Waals surface area contributed by atoms with Crippen LogP contribution >= 0.6 is 0 Å². The quantitative estimate of drug-likeness (QED) is 0.860. The van der Waals surface area contributed by atoms with Gasteiger partial charge < -0.3 is 14.9 Å². The number of ether oxygens (including phenoxy) is 1. The minimum atomic E-state index is -0.528. The van der Waals surface area contributed by atoms with Gasteiger partial charge in [-0.25, -0.2) is 0 Å². The lowest BCUT2D eigenvalue weighted by Gasteiger charge is -2.49. The zero-order chi connectivity index (χ0) is 17.9. The molecular weight excluding hydrogens is 300 g/mol. The first-order valence-electron chi connectivity index (χ1n) is 9.22. The van der Waals surface area contributed by atoms with Crippen LogP contribution in [0, 0.1) is 11.3 Å². The fraction of sp³-hybridized carbons (Fsp3) is 0.714. The summed E-state index contributed by atoms with van der Waals surface area (Å²) in [6.45, 7) is 11.1. The first-order chi connectivity index (χ1) is 11.2. The van der Waals surface area contributed by atoms with E-state index in [1.165, 1.54) is 0 Å². The fourth-order valence-corrected chi connectivity index (χ4v) is 5.81. The molecule has 1 saturated carbocycles. The zero-order valence-electron chi connectivity index (χ0n) is 15.9. The third-order valence-electron chi connectivity index (χ3n) is 6.65. The van der Waals surface area contributed by atoms with Gasteiger partial charge >= 0.3 is 0 Å². The summed E-state index contributed by atoms with van der Waals surface area (Å²) in [5.41, 5.74) is 4.11. The Hall–Kier alpha value is -1.06. The summed E-state index contributed by atoms with van der Waals surface area (Å²) >= 11 is 0. The SMILES string of the molecule is COc1c(C(C)C)cc(CO)c2c1[C@@H](O)[C@@H]1C(C)(C)CCC[C@]21C. The van der Waals surface area contributed by atoms with Crippen molar-refractivity contribution in [2.45, 2.75) is 77.9 Å². The molecule has 1 aromatic carbocycles. The largest absolute Gasteiger partial charge is 0.496 e. The highest BCUT2D eigenvalue weighted by molar-refractivity contribution is 5.59. The second-order valence-corrected chi connectivity index (χ2v) is 8.94. The first kappa shape index (κ1) is 17.8. The average molecular weight is 332 g/mol. The van der Waals surface area contributed by atoms with Crippen molar-refractivity contribution in [2.24, 2.45) is 11.3 Å². The number of aliphatic hydroxyl groups is 2. The van der Waals surface area contributed by atoms with Crippen molar-refractivity contribution in [3.63, 3.8) is 0 Å². The summed E-state index contributed by atoms with van der Waals surface area (Å²) in [4.78, 5) is 0. The predicted octanol–water partition coefficient (Wildman–Crippen LogP) is 4.44. The molecule has 134 valence electrons. The maximum atomic E-state index is 11.4. The van der Waals surface area contributed by atoms with Gasteiger partial charge in [0.05, 0.1) is 19.8 Å². The molecule has 0 aromatic heterocycles. The van der Waals surface area contributed by atoms with E-state index in [1.807, 2.05) is 0 Å². The maximum Gasteiger partial charge on any atom is 0.128 e. The number of rotatable bonds is 3. The van der Waals surface area contributed by atoms with Crippen LogP contribution in [-0.4, -0.2) is 17.3 Å². The van der Waals surface area contributed by atoms with Crippen LogP contribution in [0.25, 0.3) is 0 Å². The van der Waals surface area contributed by atoms with Crippen LogP contribution < -0.4 is 4.74 Å². The Kier molecular flexibility index (Phi) is 4.25. The van der Waals surface area contributed by atoms with Gasteiger partial charge in [-0.2, -0.15) is 0 Å². The Labute approximate surface area is 146 Å². The second kappa shape index (κ2) is 5.74. The van der Waals surface area contributed by atoms with E-state index in [0.717, 1.165) is 47.3 Å². The number of methoxy groups -OCH3 is 1. The van der Waals surface area contributed by atoms with Crippen molar-refractivity contribution in [2.75, 3.05) is 7.11 Å². The van der Waals surface area contributed by atoms with Gasteiger partial charge in [0.2, 0.25) is 0 Å². The van der Waals surface area contributed by atoms with Gasteiger partial charge in [-0.05, 0) is 52.3 Å². The maximum absolute atomic E-state index is 11.4. The van der Waals surface area contributed by atoms with Gasteiger partial charge in [0.25, 0.3) is 0 Å². The van der Waals surface area contributed by atoms with Crippen LogP contribution in [0.2, 0.25) is 0 Å². The standard InChI is InChI=1S/C21H32O3/c1-12(2)14-10-13(11-22)16-15(18(14)24-6)17(23)19-20(3,4)8-7-9-21(16,19)5/h10,12,17,19,22-23H,7-9,11H2,1-6H3/t17-,19-,21-/m1/s1. The van der Waals surface area contributed by atoms with Crippen LogP contribution in [0.15, 0.2) is 6.07 Å². The van der Waals surface area contributed by atoms with Gasteiger partial charge in [0.15, 0.2) is 0 Å². The van der Waals surface area contributed by atoms with Crippen molar-refractivity contribution in [3.05, 3.63) is 28.3 Å². The van der Waals surface area contributed by atoms with Crippen LogP contribution in [-0.2, 0) is 12.0 Å². The Bertz CT molecular complexity index is 647. The van der Waals surface area contributed by atoms with E-state index in [4.69, 9.17) is 4.74 Å². The van der Waals surface area contributed by atoms with Gasteiger partial charge in [-0.15, -0.1) is 0 Å². The van der Waals surface area contributed by atoms with Crippen molar-refractivity contribution in [3.8, 4) is 5.75 Å². The molecule has 0 amide bonds. The molecular formula is C21H32O3. The number of benzene rings is 1. The molecule has 2 aliphatic rings. The normalized spacial score (nSPS) is 31.0. The van der Waals surface area contributed by atoms with Crippen LogP contribution in [0.3, 0.4) is 0 Å². The van der Waals surface area contributed by atoms with E-state index in [-0.39, 0.29) is 29.3 Å². The summed E-state index contributed by atoms with van der Waals surface area (Å²) in [6.07, 6.45) is 2.82. The summed E-state index contributed by atoms with van der Waals surface area (Å²) < 4.78 is 5.80. The van der Waals surface area contributed by atoms with Crippen LogP contribution in [0.5, 0.6) is 5.75 Å². The van der Waals surface area contributed by atoms with E-state index < -0.39 is 6.10 Å².